The van der Waals surface area contributed by atoms with Gasteiger partial charge < -0.3 is 9.47 Å². The molecule has 0 radical (unpaired) electrons. The topological polar surface area (TPSA) is 53.0 Å². The van der Waals surface area contributed by atoms with E-state index >= 15 is 0 Å². The maximum absolute atomic E-state index is 13.8. The molecule has 0 aliphatic carbocycles. The van der Waals surface area contributed by atoms with E-state index in [1.165, 1.54) is 20.3 Å². The van der Waals surface area contributed by atoms with E-state index in [0.717, 1.165) is 4.52 Å². The summed E-state index contributed by atoms with van der Waals surface area (Å²) in [5, 5.41) is 4.31. The normalized spacial score (nSPS) is 10.9. The number of hydrogen-bond acceptors (Lipinski definition) is 4. The molecule has 0 aliphatic rings. The van der Waals surface area contributed by atoms with Crippen molar-refractivity contribution in [3.8, 4) is 34.0 Å². The average molecular weight is 406 g/mol. The summed E-state index contributed by atoms with van der Waals surface area (Å²) >= 11 is 0. The number of ether oxygens (including phenoxy) is 2. The molecule has 0 fully saturated rings. The molecule has 0 bridgehead atoms. The summed E-state index contributed by atoms with van der Waals surface area (Å²) in [6.07, 6.45) is -2.74. The summed E-state index contributed by atoms with van der Waals surface area (Å²) < 4.78 is 39.3. The first kappa shape index (κ1) is 19.3. The predicted molar refractivity (Wildman–Crippen MR) is 108 cm³/mol. The van der Waals surface area contributed by atoms with Crippen molar-refractivity contribution in [2.75, 3.05) is 14.2 Å². The zero-order valence-corrected chi connectivity index (χ0v) is 16.1. The van der Waals surface area contributed by atoms with Crippen molar-refractivity contribution in [3.63, 3.8) is 0 Å². The number of methoxy groups -OCH3 is 2. The Balaban J connectivity index is 1.86. The van der Waals surface area contributed by atoms with E-state index < -0.39 is 6.43 Å². The fraction of sp³-hybridized carbons (Fsp3) is 0.136. The number of rotatable bonds is 5. The standard InChI is InChI=1S/C22H16F2N4O2/c1-25-15-7-4-13(5-8-15)17-12-21-26-16(11-18(22(23)24)28(21)27-17)14-6-9-19(29-2)20(10-14)30-3/h4-12,22H,2-3H3. The van der Waals surface area contributed by atoms with E-state index in [9.17, 15) is 8.78 Å². The molecule has 0 spiro atoms. The Morgan fingerprint density at radius 2 is 1.60 bits per heavy atom. The van der Waals surface area contributed by atoms with Gasteiger partial charge >= 0.3 is 0 Å². The van der Waals surface area contributed by atoms with Crippen molar-refractivity contribution in [3.05, 3.63) is 71.7 Å². The molecule has 0 aliphatic heterocycles. The van der Waals surface area contributed by atoms with Crippen LogP contribution < -0.4 is 9.47 Å². The molecule has 0 unspecified atom stereocenters. The van der Waals surface area contributed by atoms with E-state index in [2.05, 4.69) is 14.9 Å². The molecule has 30 heavy (non-hydrogen) atoms. The first-order valence-electron chi connectivity index (χ1n) is 8.93. The quantitative estimate of drug-likeness (QED) is 0.407. The monoisotopic (exact) mass is 406 g/mol. The van der Waals surface area contributed by atoms with Gasteiger partial charge in [0.1, 0.15) is 5.69 Å². The molecular formula is C22H16F2N4O2. The molecule has 150 valence electrons. The molecule has 0 atom stereocenters. The lowest BCUT2D eigenvalue weighted by Gasteiger charge is -2.11. The summed E-state index contributed by atoms with van der Waals surface area (Å²) in [4.78, 5) is 7.87. The molecule has 4 rings (SSSR count). The number of hydrogen-bond donors (Lipinski definition) is 0. The van der Waals surface area contributed by atoms with Gasteiger partial charge in [0.05, 0.1) is 32.2 Å². The number of benzene rings is 2. The second kappa shape index (κ2) is 7.79. The van der Waals surface area contributed by atoms with Crippen molar-refractivity contribution in [1.29, 1.82) is 0 Å². The SMILES string of the molecule is [C-]#[N+]c1ccc(-c2cc3nc(-c4ccc(OC)c(OC)c4)cc(C(F)F)n3n2)cc1. The van der Waals surface area contributed by atoms with Crippen LogP contribution in [0.15, 0.2) is 54.6 Å². The van der Waals surface area contributed by atoms with Crippen molar-refractivity contribution >= 4 is 11.3 Å². The van der Waals surface area contributed by atoms with Crippen LogP contribution in [0.3, 0.4) is 0 Å². The molecule has 0 saturated carbocycles. The Labute approximate surface area is 171 Å². The van der Waals surface area contributed by atoms with Gasteiger partial charge in [0.15, 0.2) is 22.8 Å². The van der Waals surface area contributed by atoms with E-state index in [4.69, 9.17) is 16.0 Å². The summed E-state index contributed by atoms with van der Waals surface area (Å²) in [6.45, 7) is 7.04. The zero-order valence-electron chi connectivity index (χ0n) is 16.1. The van der Waals surface area contributed by atoms with Gasteiger partial charge in [0.25, 0.3) is 6.43 Å². The van der Waals surface area contributed by atoms with Gasteiger partial charge in [-0.05, 0) is 29.8 Å². The average Bonchev–Trinajstić information content (AvgIpc) is 3.22. The van der Waals surface area contributed by atoms with Gasteiger partial charge in [-0.3, -0.25) is 0 Å². The molecule has 8 heteroatoms. The van der Waals surface area contributed by atoms with Crippen molar-refractivity contribution in [1.82, 2.24) is 14.6 Å². The molecular weight excluding hydrogens is 390 g/mol. The van der Waals surface area contributed by atoms with E-state index in [-0.39, 0.29) is 5.69 Å². The van der Waals surface area contributed by atoms with Gasteiger partial charge in [0.2, 0.25) is 0 Å². The number of nitrogens with zero attached hydrogens (tertiary/aromatic N) is 4. The van der Waals surface area contributed by atoms with Crippen molar-refractivity contribution < 1.29 is 18.3 Å². The van der Waals surface area contributed by atoms with Crippen LogP contribution in [0.5, 0.6) is 11.5 Å². The Morgan fingerprint density at radius 1 is 0.900 bits per heavy atom. The Hall–Kier alpha value is -3.99. The summed E-state index contributed by atoms with van der Waals surface area (Å²) in [5.41, 5.74) is 2.70. The number of aromatic nitrogens is 3. The van der Waals surface area contributed by atoms with Gasteiger partial charge in [-0.2, -0.15) is 5.10 Å². The van der Waals surface area contributed by atoms with Gasteiger partial charge in [-0.15, -0.1) is 0 Å². The molecule has 2 aromatic heterocycles. The number of alkyl halides is 2. The third-order valence-corrected chi connectivity index (χ3v) is 4.65. The van der Waals surface area contributed by atoms with E-state index in [0.29, 0.717) is 45.3 Å². The lowest BCUT2D eigenvalue weighted by atomic mass is 10.1. The lowest BCUT2D eigenvalue weighted by Crippen LogP contribution is -2.02. The van der Waals surface area contributed by atoms with Crippen molar-refractivity contribution in [2.24, 2.45) is 0 Å². The number of halogens is 2. The highest BCUT2D eigenvalue weighted by molar-refractivity contribution is 5.70. The summed E-state index contributed by atoms with van der Waals surface area (Å²) in [5.74, 6) is 1.01. The second-order valence-corrected chi connectivity index (χ2v) is 6.39. The third-order valence-electron chi connectivity index (χ3n) is 4.65. The fourth-order valence-corrected chi connectivity index (χ4v) is 3.14. The maximum atomic E-state index is 13.8. The second-order valence-electron chi connectivity index (χ2n) is 6.39. The molecule has 2 aromatic carbocycles. The number of fused-ring (bicyclic) bond motifs is 1. The predicted octanol–water partition coefficient (Wildman–Crippen LogP) is 5.57. The Morgan fingerprint density at radius 3 is 2.23 bits per heavy atom. The molecule has 0 saturated heterocycles. The lowest BCUT2D eigenvalue weighted by molar-refractivity contribution is 0.143. The van der Waals surface area contributed by atoms with Crippen LogP contribution in [0, 0.1) is 6.57 Å². The minimum atomic E-state index is -2.74. The molecule has 4 aromatic rings. The maximum Gasteiger partial charge on any atom is 0.280 e. The first-order valence-corrected chi connectivity index (χ1v) is 8.93. The van der Waals surface area contributed by atoms with E-state index in [1.807, 2.05) is 0 Å². The van der Waals surface area contributed by atoms with Crippen LogP contribution in [-0.2, 0) is 0 Å². The fourth-order valence-electron chi connectivity index (χ4n) is 3.14. The van der Waals surface area contributed by atoms with Crippen LogP contribution in [0.2, 0.25) is 0 Å². The van der Waals surface area contributed by atoms with Crippen LogP contribution in [0.4, 0.5) is 14.5 Å². The Bertz CT molecular complexity index is 1260. The van der Waals surface area contributed by atoms with Gasteiger partial charge in [-0.1, -0.05) is 24.3 Å². The minimum absolute atomic E-state index is 0.270. The largest absolute Gasteiger partial charge is 0.493 e. The summed E-state index contributed by atoms with van der Waals surface area (Å²) in [6, 6.07) is 14.8. The molecule has 2 heterocycles. The highest BCUT2D eigenvalue weighted by Gasteiger charge is 2.19. The zero-order chi connectivity index (χ0) is 21.3. The van der Waals surface area contributed by atoms with Crippen LogP contribution in [0.25, 0.3) is 33.0 Å². The van der Waals surface area contributed by atoms with Crippen molar-refractivity contribution in [2.45, 2.75) is 6.43 Å². The minimum Gasteiger partial charge on any atom is -0.493 e. The molecule has 6 nitrogen and oxygen atoms in total. The highest BCUT2D eigenvalue weighted by Crippen LogP contribution is 2.34. The molecule has 0 N–H and O–H groups in total. The molecule has 0 amide bonds. The smallest absolute Gasteiger partial charge is 0.280 e. The van der Waals surface area contributed by atoms with E-state index in [1.54, 1.807) is 48.5 Å². The first-order chi connectivity index (χ1) is 14.5. The summed E-state index contributed by atoms with van der Waals surface area (Å²) in [7, 11) is 3.03. The van der Waals surface area contributed by atoms with Crippen LogP contribution >= 0.6 is 0 Å². The highest BCUT2D eigenvalue weighted by atomic mass is 19.3. The van der Waals surface area contributed by atoms with Crippen LogP contribution in [-0.4, -0.2) is 28.8 Å². The third kappa shape index (κ3) is 3.42. The Kier molecular flexibility index (Phi) is 5.02. The van der Waals surface area contributed by atoms with Gasteiger partial charge in [0, 0.05) is 11.6 Å². The van der Waals surface area contributed by atoms with Gasteiger partial charge in [-0.25, -0.2) is 23.1 Å². The van der Waals surface area contributed by atoms with Crippen LogP contribution in [0.1, 0.15) is 12.1 Å².